The van der Waals surface area contributed by atoms with Crippen LogP contribution >= 0.6 is 0 Å². The van der Waals surface area contributed by atoms with Crippen molar-refractivity contribution in [1.29, 1.82) is 0 Å². The molecule has 3 aromatic rings. The largest absolute Gasteiger partial charge is 0.446 e. The summed E-state index contributed by atoms with van der Waals surface area (Å²) in [5.41, 5.74) is 1.01. The monoisotopic (exact) mass is 807 g/mol. The van der Waals surface area contributed by atoms with E-state index in [9.17, 15) is 5.11 Å². The average Bonchev–Trinajstić information content (AvgIpc) is 3.50. The number of ether oxygens (including phenoxy) is 10. The average molecular weight is 808 g/mol. The molecule has 1 N–H and O–H groups in total. The van der Waals surface area contributed by atoms with Gasteiger partial charge in [-0.1, -0.05) is 23.7 Å². The lowest BCUT2D eigenvalue weighted by atomic mass is 9.86. The molecule has 17 nitrogen and oxygen atoms in total. The van der Waals surface area contributed by atoms with Crippen LogP contribution in [0, 0.1) is 24.2 Å². The van der Waals surface area contributed by atoms with Crippen LogP contribution in [0.5, 0.6) is 0 Å². The van der Waals surface area contributed by atoms with Gasteiger partial charge < -0.3 is 65.9 Å². The van der Waals surface area contributed by atoms with Gasteiger partial charge in [0.2, 0.25) is 5.89 Å². The Bertz CT molecular complexity index is 1480. The Morgan fingerprint density at radius 2 is 1.53 bits per heavy atom. The highest BCUT2D eigenvalue weighted by molar-refractivity contribution is 5.03. The first-order valence-corrected chi connectivity index (χ1v) is 20.2. The predicted molar refractivity (Wildman–Crippen MR) is 199 cm³/mol. The van der Waals surface area contributed by atoms with Crippen molar-refractivity contribution in [2.45, 2.75) is 102 Å². The normalized spacial score (nSPS) is 20.1. The SMILES string of the molecule is COCCOC(C(COCC1CCC1)OCC1CC1)C(OCCO)C(OCc1ncco1)C(OCc1ccon1)C(COCC1(C)COC1)OCc1cc(C)on1. The fourth-order valence-corrected chi connectivity index (χ4v) is 6.69. The zero-order valence-electron chi connectivity index (χ0n) is 33.5. The first kappa shape index (κ1) is 43.8. The Labute approximate surface area is 334 Å². The molecule has 1 aliphatic heterocycles. The number of hydrogen-bond acceptors (Lipinski definition) is 17. The summed E-state index contributed by atoms with van der Waals surface area (Å²) in [5, 5.41) is 18.5. The molecule has 17 heteroatoms. The van der Waals surface area contributed by atoms with Crippen LogP contribution in [0.3, 0.4) is 0 Å². The van der Waals surface area contributed by atoms with Crippen LogP contribution in [0.2, 0.25) is 0 Å². The van der Waals surface area contributed by atoms with Crippen LogP contribution in [-0.4, -0.2) is 137 Å². The van der Waals surface area contributed by atoms with Gasteiger partial charge in [-0.25, -0.2) is 4.98 Å². The van der Waals surface area contributed by atoms with Crippen molar-refractivity contribution in [1.82, 2.24) is 15.3 Å². The van der Waals surface area contributed by atoms with Crippen molar-refractivity contribution in [2.75, 3.05) is 79.8 Å². The number of aliphatic hydroxyl groups excluding tert-OH is 1. The Balaban J connectivity index is 1.36. The molecule has 0 aromatic carbocycles. The van der Waals surface area contributed by atoms with Gasteiger partial charge in [-0.15, -0.1) is 0 Å². The van der Waals surface area contributed by atoms with E-state index in [1.807, 2.05) is 13.0 Å². The van der Waals surface area contributed by atoms with E-state index in [2.05, 4.69) is 22.2 Å². The molecule has 4 heterocycles. The van der Waals surface area contributed by atoms with Gasteiger partial charge >= 0.3 is 0 Å². The minimum Gasteiger partial charge on any atom is -0.446 e. The molecule has 3 aliphatic rings. The van der Waals surface area contributed by atoms with Gasteiger partial charge in [0.1, 0.15) is 72.9 Å². The van der Waals surface area contributed by atoms with Crippen molar-refractivity contribution < 1.29 is 65.9 Å². The third kappa shape index (κ3) is 14.2. The van der Waals surface area contributed by atoms with Gasteiger partial charge in [-0.05, 0) is 44.4 Å². The molecule has 6 rings (SSSR count). The second-order valence-corrected chi connectivity index (χ2v) is 15.6. The van der Waals surface area contributed by atoms with Crippen LogP contribution in [0.1, 0.15) is 62.1 Å². The highest BCUT2D eigenvalue weighted by atomic mass is 16.6. The van der Waals surface area contributed by atoms with Crippen molar-refractivity contribution in [3.05, 3.63) is 53.9 Å². The van der Waals surface area contributed by atoms with E-state index >= 15 is 0 Å². The molecule has 3 fully saturated rings. The number of aromatic nitrogens is 3. The summed E-state index contributed by atoms with van der Waals surface area (Å²) in [6.07, 6.45) is 5.24. The number of methoxy groups -OCH3 is 1. The van der Waals surface area contributed by atoms with Crippen molar-refractivity contribution in [3.63, 3.8) is 0 Å². The zero-order valence-corrected chi connectivity index (χ0v) is 33.5. The lowest BCUT2D eigenvalue weighted by molar-refractivity contribution is -0.240. The predicted octanol–water partition coefficient (Wildman–Crippen LogP) is 4.09. The number of nitrogens with zero attached hydrogens (tertiary/aromatic N) is 3. The topological polar surface area (TPSA) is 191 Å². The number of hydrogen-bond donors (Lipinski definition) is 1. The molecule has 2 saturated carbocycles. The van der Waals surface area contributed by atoms with E-state index in [4.69, 9.17) is 60.8 Å². The van der Waals surface area contributed by atoms with E-state index in [1.165, 1.54) is 18.9 Å². The standard InChI is InChI=1S/C40H61N3O14/c1-28-17-32(43-57-28)21-53-34(23-47-25-40(2)26-48-27-40)37(54-20-31-9-12-56-42-31)39(55-24-35-41-10-13-49-35)38(50-14-11-44)36(51-16-15-45-3)33(52-19-30-7-8-30)22-46-18-29-5-4-6-29/h9-10,12-13,17,29-30,33-34,36-39,44H,4-8,11,14-16,18-27H2,1-3H3. The molecule has 320 valence electrons. The van der Waals surface area contributed by atoms with Crippen LogP contribution in [0.25, 0.3) is 0 Å². The molecule has 2 aliphatic carbocycles. The van der Waals surface area contributed by atoms with Crippen molar-refractivity contribution in [3.8, 4) is 0 Å². The third-order valence-electron chi connectivity index (χ3n) is 10.4. The van der Waals surface area contributed by atoms with E-state index < -0.39 is 36.6 Å². The maximum Gasteiger partial charge on any atom is 0.219 e. The second-order valence-electron chi connectivity index (χ2n) is 15.6. The Kier molecular flexibility index (Phi) is 17.7. The molecule has 3 aromatic heterocycles. The number of oxazole rings is 1. The quantitative estimate of drug-likeness (QED) is 0.0887. The van der Waals surface area contributed by atoms with E-state index in [1.54, 1.807) is 19.4 Å². The van der Waals surface area contributed by atoms with Crippen LogP contribution < -0.4 is 0 Å². The first-order chi connectivity index (χ1) is 27.9. The lowest BCUT2D eigenvalue weighted by Crippen LogP contribution is -2.58. The fourth-order valence-electron chi connectivity index (χ4n) is 6.69. The summed E-state index contributed by atoms with van der Waals surface area (Å²) in [4.78, 5) is 4.32. The number of rotatable bonds is 32. The van der Waals surface area contributed by atoms with Crippen molar-refractivity contribution in [2.24, 2.45) is 17.3 Å². The van der Waals surface area contributed by atoms with Crippen LogP contribution in [0.15, 0.2) is 44.3 Å². The summed E-state index contributed by atoms with van der Waals surface area (Å²) in [7, 11) is 1.62. The van der Waals surface area contributed by atoms with Crippen LogP contribution in [-0.2, 0) is 67.2 Å². The molecular formula is C40H61N3O14. The van der Waals surface area contributed by atoms with Gasteiger partial charge in [0.05, 0.1) is 85.5 Å². The molecule has 1 saturated heterocycles. The van der Waals surface area contributed by atoms with Gasteiger partial charge in [0.15, 0.2) is 0 Å². The zero-order chi connectivity index (χ0) is 39.7. The maximum absolute atomic E-state index is 10.2. The summed E-state index contributed by atoms with van der Waals surface area (Å²) in [5.74, 6) is 1.97. The van der Waals surface area contributed by atoms with Gasteiger partial charge in [-0.3, -0.25) is 0 Å². The molecule has 0 radical (unpaired) electrons. The highest BCUT2D eigenvalue weighted by Gasteiger charge is 2.46. The Morgan fingerprint density at radius 3 is 2.18 bits per heavy atom. The van der Waals surface area contributed by atoms with Crippen molar-refractivity contribution >= 4 is 0 Å². The molecule has 57 heavy (non-hydrogen) atoms. The first-order valence-electron chi connectivity index (χ1n) is 20.2. The Hall–Kier alpha value is -2.81. The lowest BCUT2D eigenvalue weighted by Gasteiger charge is -2.42. The molecule has 6 unspecified atom stereocenters. The van der Waals surface area contributed by atoms with E-state index in [0.717, 1.165) is 25.7 Å². The van der Waals surface area contributed by atoms with Crippen LogP contribution in [0.4, 0.5) is 0 Å². The third-order valence-corrected chi connectivity index (χ3v) is 10.4. The van der Waals surface area contributed by atoms with E-state index in [0.29, 0.717) is 74.5 Å². The number of aliphatic hydroxyl groups is 1. The Morgan fingerprint density at radius 1 is 0.789 bits per heavy atom. The molecule has 0 amide bonds. The highest BCUT2D eigenvalue weighted by Crippen LogP contribution is 2.33. The fraction of sp³-hybridized carbons (Fsp3) is 0.775. The van der Waals surface area contributed by atoms with Gasteiger partial charge in [0.25, 0.3) is 0 Å². The molecule has 0 spiro atoms. The molecule has 6 atom stereocenters. The summed E-state index contributed by atoms with van der Waals surface area (Å²) in [6.45, 7) is 7.35. The van der Waals surface area contributed by atoms with E-state index in [-0.39, 0.29) is 58.3 Å². The molecule has 0 bridgehead atoms. The summed E-state index contributed by atoms with van der Waals surface area (Å²) < 4.78 is 80.1. The second kappa shape index (κ2) is 23.1. The minimum absolute atomic E-state index is 0.0303. The summed E-state index contributed by atoms with van der Waals surface area (Å²) >= 11 is 0. The minimum atomic E-state index is -0.975. The van der Waals surface area contributed by atoms with Gasteiger partial charge in [0, 0.05) is 31.3 Å². The maximum atomic E-state index is 10.2. The summed E-state index contributed by atoms with van der Waals surface area (Å²) in [6, 6.07) is 3.53. The molecular weight excluding hydrogens is 746 g/mol. The smallest absolute Gasteiger partial charge is 0.219 e. The number of aryl methyl sites for hydroxylation is 1. The van der Waals surface area contributed by atoms with Gasteiger partial charge in [-0.2, -0.15) is 0 Å².